The molecule has 1 nitrogen and oxygen atoms in total. The highest BCUT2D eigenvalue weighted by atomic mass is 19.1. The molecule has 0 unspecified atom stereocenters. The van der Waals surface area contributed by atoms with Gasteiger partial charge in [0.15, 0.2) is 0 Å². The number of nitrogens with one attached hydrogen (secondary N) is 1. The van der Waals surface area contributed by atoms with E-state index in [2.05, 4.69) is 43.4 Å². The van der Waals surface area contributed by atoms with Crippen LogP contribution in [-0.4, -0.2) is 19.8 Å². The van der Waals surface area contributed by atoms with Gasteiger partial charge in [0.1, 0.15) is 0 Å². The van der Waals surface area contributed by atoms with Gasteiger partial charge >= 0.3 is 0 Å². The Morgan fingerprint density at radius 1 is 1.00 bits per heavy atom. The van der Waals surface area contributed by atoms with Gasteiger partial charge in [-0.3, -0.25) is 4.39 Å². The fourth-order valence-electron chi connectivity index (χ4n) is 1.61. The average molecular weight is 269 g/mol. The summed E-state index contributed by atoms with van der Waals surface area (Å²) in [5, 5.41) is 3.28. The molecule has 2 heteroatoms. The zero-order chi connectivity index (χ0) is 14.9. The van der Waals surface area contributed by atoms with E-state index in [1.54, 1.807) is 0 Å². The number of halogens is 1. The van der Waals surface area contributed by atoms with Gasteiger partial charge in [0.05, 0.1) is 6.67 Å². The number of benzene rings is 1. The highest BCUT2D eigenvalue weighted by Gasteiger charge is 1.93. The van der Waals surface area contributed by atoms with Crippen LogP contribution >= 0.6 is 0 Å². The molecular weight excluding hydrogens is 237 g/mol. The molecule has 0 radical (unpaired) electrons. The summed E-state index contributed by atoms with van der Waals surface area (Å²) in [6, 6.07) is 8.45. The van der Waals surface area contributed by atoms with E-state index in [0.717, 1.165) is 0 Å². The molecule has 1 fully saturated rings. The number of hydrogen-bond donors (Lipinski definition) is 1. The molecule has 0 saturated carbocycles. The van der Waals surface area contributed by atoms with Crippen molar-refractivity contribution in [2.24, 2.45) is 0 Å². The van der Waals surface area contributed by atoms with Gasteiger partial charge in [-0.2, -0.15) is 0 Å². The lowest BCUT2D eigenvalue weighted by Gasteiger charge is -2.08. The summed E-state index contributed by atoms with van der Waals surface area (Å²) in [4.78, 5) is 0. The second-order valence-electron chi connectivity index (χ2n) is 4.24. The zero-order valence-corrected chi connectivity index (χ0v) is 13.4. The van der Waals surface area contributed by atoms with Gasteiger partial charge in [-0.05, 0) is 46.7 Å². The maximum atomic E-state index is 10.3. The number of rotatable bonds is 0. The van der Waals surface area contributed by atoms with E-state index in [4.69, 9.17) is 0 Å². The SMILES string of the molecule is C1CCNCC1.CC.CCF.Cc1cccc(C)c1. The molecule has 0 spiro atoms. The van der Waals surface area contributed by atoms with E-state index < -0.39 is 0 Å². The van der Waals surface area contributed by atoms with Crippen LogP contribution in [0.2, 0.25) is 0 Å². The van der Waals surface area contributed by atoms with Crippen molar-refractivity contribution in [1.82, 2.24) is 5.32 Å². The maximum Gasteiger partial charge on any atom is 0.0866 e. The van der Waals surface area contributed by atoms with E-state index in [1.165, 1.54) is 50.4 Å². The van der Waals surface area contributed by atoms with Crippen LogP contribution in [0, 0.1) is 13.8 Å². The van der Waals surface area contributed by atoms with Crippen LogP contribution in [0.4, 0.5) is 4.39 Å². The molecule has 1 aromatic carbocycles. The number of hydrogen-bond acceptors (Lipinski definition) is 1. The molecule has 1 N–H and O–H groups in total. The van der Waals surface area contributed by atoms with Crippen LogP contribution in [-0.2, 0) is 0 Å². The Morgan fingerprint density at radius 2 is 1.42 bits per heavy atom. The molecule has 1 aliphatic heterocycles. The van der Waals surface area contributed by atoms with Gasteiger partial charge in [0.2, 0.25) is 0 Å². The van der Waals surface area contributed by atoms with Crippen molar-refractivity contribution < 1.29 is 4.39 Å². The Morgan fingerprint density at radius 3 is 1.58 bits per heavy atom. The molecule has 1 aliphatic rings. The molecule has 1 aromatic rings. The second kappa shape index (κ2) is 17.1. The van der Waals surface area contributed by atoms with E-state index in [1.807, 2.05) is 13.8 Å². The molecule has 1 heterocycles. The summed E-state index contributed by atoms with van der Waals surface area (Å²) < 4.78 is 10.3. The third-order valence-corrected chi connectivity index (χ3v) is 2.38. The first-order valence-electron chi connectivity index (χ1n) is 7.50. The quantitative estimate of drug-likeness (QED) is 0.693. The first-order chi connectivity index (χ1) is 9.20. The molecule has 0 atom stereocenters. The third kappa shape index (κ3) is 17.1. The summed E-state index contributed by atoms with van der Waals surface area (Å²) >= 11 is 0. The Balaban J connectivity index is 0. The third-order valence-electron chi connectivity index (χ3n) is 2.38. The smallest absolute Gasteiger partial charge is 0.0866 e. The van der Waals surface area contributed by atoms with Crippen molar-refractivity contribution in [3.8, 4) is 0 Å². The standard InChI is InChI=1S/C8H10.C5H11N.C2H5F.C2H6/c1-7-4-3-5-8(2)6-7;1-2-4-6-5-3-1;1-2-3;1-2/h3-6H,1-2H3;6H,1-5H2;2H2,1H3;1-2H3. The molecule has 2 rings (SSSR count). The highest BCUT2D eigenvalue weighted by Crippen LogP contribution is 2.00. The van der Waals surface area contributed by atoms with Crippen molar-refractivity contribution in [3.63, 3.8) is 0 Å². The monoisotopic (exact) mass is 269 g/mol. The first-order valence-corrected chi connectivity index (χ1v) is 7.50. The van der Waals surface area contributed by atoms with Crippen molar-refractivity contribution in [1.29, 1.82) is 0 Å². The van der Waals surface area contributed by atoms with Gasteiger partial charge in [-0.25, -0.2) is 0 Å². The molecule has 19 heavy (non-hydrogen) atoms. The largest absolute Gasteiger partial charge is 0.317 e. The minimum absolute atomic E-state index is 0.250. The zero-order valence-electron chi connectivity index (χ0n) is 13.4. The van der Waals surface area contributed by atoms with Crippen LogP contribution in [0.3, 0.4) is 0 Å². The summed E-state index contributed by atoms with van der Waals surface area (Å²) in [5.74, 6) is 0. The molecule has 0 aromatic heterocycles. The topological polar surface area (TPSA) is 12.0 Å². The molecule has 112 valence electrons. The van der Waals surface area contributed by atoms with E-state index in [0.29, 0.717) is 0 Å². The lowest BCUT2D eigenvalue weighted by Crippen LogP contribution is -2.21. The van der Waals surface area contributed by atoms with Crippen molar-refractivity contribution >= 4 is 0 Å². The average Bonchev–Trinajstić information content (AvgIpc) is 2.44. The minimum atomic E-state index is -0.250. The van der Waals surface area contributed by atoms with Gasteiger partial charge in [0, 0.05) is 0 Å². The maximum absolute atomic E-state index is 10.3. The van der Waals surface area contributed by atoms with E-state index in [9.17, 15) is 4.39 Å². The fourth-order valence-corrected chi connectivity index (χ4v) is 1.61. The summed E-state index contributed by atoms with van der Waals surface area (Å²) in [5.41, 5.74) is 2.68. The number of alkyl halides is 1. The predicted octanol–water partition coefficient (Wildman–Crippen LogP) is 5.07. The van der Waals surface area contributed by atoms with Gasteiger partial charge < -0.3 is 5.32 Å². The van der Waals surface area contributed by atoms with E-state index in [-0.39, 0.29) is 6.67 Å². The van der Waals surface area contributed by atoms with Gasteiger partial charge in [0.25, 0.3) is 0 Å². The minimum Gasteiger partial charge on any atom is -0.317 e. The summed E-state index contributed by atoms with van der Waals surface area (Å²) in [6.45, 7) is 11.9. The van der Waals surface area contributed by atoms with Gasteiger partial charge in [-0.15, -0.1) is 0 Å². The second-order valence-corrected chi connectivity index (χ2v) is 4.24. The molecule has 0 bridgehead atoms. The Kier molecular flexibility index (Phi) is 18.4. The van der Waals surface area contributed by atoms with Crippen LogP contribution in [0.5, 0.6) is 0 Å². The lowest BCUT2D eigenvalue weighted by atomic mass is 10.2. The summed E-state index contributed by atoms with van der Waals surface area (Å²) in [7, 11) is 0. The van der Waals surface area contributed by atoms with Crippen LogP contribution < -0.4 is 5.32 Å². The van der Waals surface area contributed by atoms with Crippen molar-refractivity contribution in [3.05, 3.63) is 35.4 Å². The predicted molar refractivity (Wildman–Crippen MR) is 85.6 cm³/mol. The lowest BCUT2D eigenvalue weighted by molar-refractivity contribution is 0.520. The first kappa shape index (κ1) is 20.4. The highest BCUT2D eigenvalue weighted by molar-refractivity contribution is 5.20. The number of piperidine rings is 1. The molecular formula is C17H32FN. The molecule has 0 aliphatic carbocycles. The number of aryl methyl sites for hydroxylation is 2. The van der Waals surface area contributed by atoms with Crippen molar-refractivity contribution in [2.45, 2.75) is 53.9 Å². The summed E-state index contributed by atoms with van der Waals surface area (Å²) in [6.07, 6.45) is 4.22. The van der Waals surface area contributed by atoms with Crippen LogP contribution in [0.25, 0.3) is 0 Å². The van der Waals surface area contributed by atoms with E-state index >= 15 is 0 Å². The molecule has 0 amide bonds. The van der Waals surface area contributed by atoms with Crippen molar-refractivity contribution in [2.75, 3.05) is 19.8 Å². The Labute approximate surface area is 119 Å². The molecule has 1 saturated heterocycles. The normalized spacial score (nSPS) is 12.7. The van der Waals surface area contributed by atoms with Crippen LogP contribution in [0.1, 0.15) is 51.2 Å². The van der Waals surface area contributed by atoms with Crippen LogP contribution in [0.15, 0.2) is 24.3 Å². The Hall–Kier alpha value is -0.890. The van der Waals surface area contributed by atoms with Gasteiger partial charge in [-0.1, -0.05) is 55.7 Å². The Bertz CT molecular complexity index is 241. The fraction of sp³-hybridized carbons (Fsp3) is 0.647.